The number of piperidine rings is 1. The molecule has 0 unspecified atom stereocenters. The van der Waals surface area contributed by atoms with Crippen molar-refractivity contribution in [3.63, 3.8) is 0 Å². The zero-order valence-electron chi connectivity index (χ0n) is 9.09. The molecular formula is C11H16N2O2S. The van der Waals surface area contributed by atoms with Crippen LogP contribution in [-0.4, -0.2) is 25.8 Å². The number of sulfonamides is 1. The Morgan fingerprint density at radius 1 is 1.06 bits per heavy atom. The van der Waals surface area contributed by atoms with Crippen molar-refractivity contribution in [2.45, 2.75) is 24.2 Å². The van der Waals surface area contributed by atoms with Crippen LogP contribution in [0.15, 0.2) is 29.2 Å². The van der Waals surface area contributed by atoms with E-state index in [4.69, 9.17) is 5.73 Å². The minimum absolute atomic E-state index is 0.233. The minimum Gasteiger partial charge on any atom is -0.398 e. The first-order chi connectivity index (χ1) is 7.62. The fraction of sp³-hybridized carbons (Fsp3) is 0.455. The van der Waals surface area contributed by atoms with Crippen LogP contribution < -0.4 is 5.73 Å². The van der Waals surface area contributed by atoms with Crippen molar-refractivity contribution in [3.05, 3.63) is 24.3 Å². The summed E-state index contributed by atoms with van der Waals surface area (Å²) in [7, 11) is -3.38. The Balaban J connectivity index is 2.35. The van der Waals surface area contributed by atoms with Gasteiger partial charge in [-0.2, -0.15) is 4.31 Å². The highest BCUT2D eigenvalue weighted by Crippen LogP contribution is 2.24. The maximum absolute atomic E-state index is 12.3. The summed E-state index contributed by atoms with van der Waals surface area (Å²) < 4.78 is 26.0. The van der Waals surface area contributed by atoms with Gasteiger partial charge in [-0.1, -0.05) is 18.6 Å². The standard InChI is InChI=1S/C11H16N2O2S/c12-10-6-2-3-7-11(10)16(14,15)13-8-4-1-5-9-13/h2-3,6-7H,1,4-5,8-9,12H2. The number of para-hydroxylation sites is 1. The average molecular weight is 240 g/mol. The number of benzene rings is 1. The van der Waals surface area contributed by atoms with Crippen molar-refractivity contribution in [2.75, 3.05) is 18.8 Å². The van der Waals surface area contributed by atoms with Crippen LogP contribution in [0.25, 0.3) is 0 Å². The van der Waals surface area contributed by atoms with Gasteiger partial charge in [0.2, 0.25) is 10.0 Å². The molecule has 2 N–H and O–H groups in total. The number of nitrogens with zero attached hydrogens (tertiary/aromatic N) is 1. The van der Waals surface area contributed by atoms with E-state index in [0.29, 0.717) is 18.8 Å². The Morgan fingerprint density at radius 3 is 2.31 bits per heavy atom. The Kier molecular flexibility index (Phi) is 3.16. The molecule has 0 saturated carbocycles. The third-order valence-corrected chi connectivity index (χ3v) is 4.82. The van der Waals surface area contributed by atoms with Crippen LogP contribution in [0.3, 0.4) is 0 Å². The van der Waals surface area contributed by atoms with E-state index in [9.17, 15) is 8.42 Å². The van der Waals surface area contributed by atoms with E-state index in [1.807, 2.05) is 0 Å². The molecule has 5 heteroatoms. The summed E-state index contributed by atoms with van der Waals surface area (Å²) in [6, 6.07) is 6.63. The summed E-state index contributed by atoms with van der Waals surface area (Å²) in [5.74, 6) is 0. The molecule has 1 aromatic rings. The molecule has 2 rings (SSSR count). The Hall–Kier alpha value is -1.07. The first-order valence-corrected chi connectivity index (χ1v) is 6.91. The van der Waals surface area contributed by atoms with Crippen LogP contribution >= 0.6 is 0 Å². The fourth-order valence-electron chi connectivity index (χ4n) is 1.96. The SMILES string of the molecule is Nc1ccccc1S(=O)(=O)N1CCCCC1. The molecule has 0 atom stereocenters. The van der Waals surface area contributed by atoms with Crippen LogP contribution in [0.1, 0.15) is 19.3 Å². The molecule has 0 amide bonds. The first-order valence-electron chi connectivity index (χ1n) is 5.47. The Morgan fingerprint density at radius 2 is 1.69 bits per heavy atom. The third kappa shape index (κ3) is 2.05. The summed E-state index contributed by atoms with van der Waals surface area (Å²) in [5.41, 5.74) is 6.03. The van der Waals surface area contributed by atoms with E-state index >= 15 is 0 Å². The molecular weight excluding hydrogens is 224 g/mol. The molecule has 1 aliphatic rings. The van der Waals surface area contributed by atoms with Crippen molar-refractivity contribution < 1.29 is 8.42 Å². The quantitative estimate of drug-likeness (QED) is 0.796. The summed E-state index contributed by atoms with van der Waals surface area (Å²) >= 11 is 0. The van der Waals surface area contributed by atoms with Gasteiger partial charge in [0.05, 0.1) is 5.69 Å². The second kappa shape index (κ2) is 4.43. The number of anilines is 1. The molecule has 1 aromatic carbocycles. The monoisotopic (exact) mass is 240 g/mol. The van der Waals surface area contributed by atoms with Crippen LogP contribution in [0.2, 0.25) is 0 Å². The molecule has 16 heavy (non-hydrogen) atoms. The minimum atomic E-state index is -3.38. The molecule has 0 radical (unpaired) electrons. The first kappa shape index (κ1) is 11.4. The van der Waals surface area contributed by atoms with Crippen LogP contribution in [0.5, 0.6) is 0 Å². The normalized spacial score (nSPS) is 18.5. The smallest absolute Gasteiger partial charge is 0.245 e. The predicted octanol–water partition coefficient (Wildman–Crippen LogP) is 1.44. The van der Waals surface area contributed by atoms with Crippen LogP contribution in [0.4, 0.5) is 5.69 Å². The van der Waals surface area contributed by atoms with Gasteiger partial charge in [-0.15, -0.1) is 0 Å². The molecule has 0 bridgehead atoms. The van der Waals surface area contributed by atoms with E-state index < -0.39 is 10.0 Å². The number of hydrogen-bond donors (Lipinski definition) is 1. The van der Waals surface area contributed by atoms with Crippen molar-refractivity contribution in [2.24, 2.45) is 0 Å². The highest BCUT2D eigenvalue weighted by Gasteiger charge is 2.27. The summed E-state index contributed by atoms with van der Waals surface area (Å²) in [5, 5.41) is 0. The van der Waals surface area contributed by atoms with Gasteiger partial charge < -0.3 is 5.73 Å². The molecule has 1 fully saturated rings. The van der Waals surface area contributed by atoms with Gasteiger partial charge in [0.25, 0.3) is 0 Å². The van der Waals surface area contributed by atoms with Crippen molar-refractivity contribution in [3.8, 4) is 0 Å². The third-order valence-electron chi connectivity index (χ3n) is 2.85. The van der Waals surface area contributed by atoms with E-state index in [2.05, 4.69) is 0 Å². The molecule has 0 aromatic heterocycles. The maximum Gasteiger partial charge on any atom is 0.245 e. The van der Waals surface area contributed by atoms with Crippen LogP contribution in [-0.2, 0) is 10.0 Å². The second-order valence-electron chi connectivity index (χ2n) is 4.00. The highest BCUT2D eigenvalue weighted by atomic mass is 32.2. The Bertz CT molecular complexity index is 465. The predicted molar refractivity (Wildman–Crippen MR) is 63.5 cm³/mol. The Labute approximate surface area is 96.1 Å². The molecule has 0 spiro atoms. The molecule has 88 valence electrons. The van der Waals surface area contributed by atoms with Gasteiger partial charge in [-0.25, -0.2) is 8.42 Å². The average Bonchev–Trinajstić information content (AvgIpc) is 2.30. The summed E-state index contributed by atoms with van der Waals surface area (Å²) in [6.45, 7) is 1.22. The van der Waals surface area contributed by atoms with E-state index in [1.165, 1.54) is 4.31 Å². The van der Waals surface area contributed by atoms with E-state index in [0.717, 1.165) is 19.3 Å². The zero-order chi connectivity index (χ0) is 11.6. The van der Waals surface area contributed by atoms with E-state index in [1.54, 1.807) is 24.3 Å². The topological polar surface area (TPSA) is 63.4 Å². The number of nitrogen functional groups attached to an aromatic ring is 1. The van der Waals surface area contributed by atoms with Crippen molar-refractivity contribution in [1.29, 1.82) is 0 Å². The zero-order valence-corrected chi connectivity index (χ0v) is 9.91. The highest BCUT2D eigenvalue weighted by molar-refractivity contribution is 7.89. The van der Waals surface area contributed by atoms with Crippen molar-refractivity contribution >= 4 is 15.7 Å². The van der Waals surface area contributed by atoms with Gasteiger partial charge in [0.15, 0.2) is 0 Å². The van der Waals surface area contributed by atoms with Gasteiger partial charge in [-0.05, 0) is 25.0 Å². The number of nitrogens with two attached hydrogens (primary N) is 1. The largest absolute Gasteiger partial charge is 0.398 e. The second-order valence-corrected chi connectivity index (χ2v) is 5.91. The summed E-state index contributed by atoms with van der Waals surface area (Å²) in [6.07, 6.45) is 2.98. The molecule has 1 heterocycles. The maximum atomic E-state index is 12.3. The lowest BCUT2D eigenvalue weighted by Crippen LogP contribution is -2.35. The fourth-order valence-corrected chi connectivity index (χ4v) is 3.59. The lowest BCUT2D eigenvalue weighted by molar-refractivity contribution is 0.347. The molecule has 1 aliphatic heterocycles. The molecule has 4 nitrogen and oxygen atoms in total. The van der Waals surface area contributed by atoms with Gasteiger partial charge in [0, 0.05) is 13.1 Å². The molecule has 1 saturated heterocycles. The van der Waals surface area contributed by atoms with Gasteiger partial charge in [0.1, 0.15) is 4.90 Å². The van der Waals surface area contributed by atoms with Gasteiger partial charge >= 0.3 is 0 Å². The molecule has 0 aliphatic carbocycles. The van der Waals surface area contributed by atoms with E-state index in [-0.39, 0.29) is 4.90 Å². The summed E-state index contributed by atoms with van der Waals surface area (Å²) in [4.78, 5) is 0.233. The van der Waals surface area contributed by atoms with Crippen molar-refractivity contribution in [1.82, 2.24) is 4.31 Å². The lowest BCUT2D eigenvalue weighted by atomic mass is 10.2. The number of rotatable bonds is 2. The lowest BCUT2D eigenvalue weighted by Gasteiger charge is -2.26. The number of hydrogen-bond acceptors (Lipinski definition) is 3. The van der Waals surface area contributed by atoms with Gasteiger partial charge in [-0.3, -0.25) is 0 Å². The van der Waals surface area contributed by atoms with Crippen LogP contribution in [0, 0.1) is 0 Å².